The molecule has 0 atom stereocenters. The summed E-state index contributed by atoms with van der Waals surface area (Å²) in [6.45, 7) is 2.45. The zero-order valence-electron chi connectivity index (χ0n) is 12.7. The van der Waals surface area contributed by atoms with Crippen molar-refractivity contribution < 1.29 is 14.4 Å². The quantitative estimate of drug-likeness (QED) is 0.880. The average molecular weight is 308 g/mol. The maximum absolute atomic E-state index is 12.4. The van der Waals surface area contributed by atoms with Crippen LogP contribution in [0.4, 0.5) is 5.69 Å². The molecule has 0 aromatic heterocycles. The number of fused-ring (bicyclic) bond motifs is 1. The maximum Gasteiger partial charge on any atom is 0.266 e. The van der Waals surface area contributed by atoms with Crippen LogP contribution in [0.5, 0.6) is 0 Å². The van der Waals surface area contributed by atoms with Gasteiger partial charge in [0.25, 0.3) is 11.8 Å². The molecule has 0 saturated heterocycles. The number of hydrogen-bond acceptors (Lipinski definition) is 3. The van der Waals surface area contributed by atoms with E-state index in [1.165, 1.54) is 4.90 Å². The Hall–Kier alpha value is -2.95. The SMILES string of the molecule is CCNC(=O)Cc1ccc(N2C(=O)c3ccccc3C2=O)cc1. The molecule has 3 rings (SSSR count). The third kappa shape index (κ3) is 2.73. The first kappa shape index (κ1) is 15.0. The molecular formula is C18H16N2O3. The molecule has 1 N–H and O–H groups in total. The average Bonchev–Trinajstić information content (AvgIpc) is 2.81. The number of rotatable bonds is 4. The highest BCUT2D eigenvalue weighted by atomic mass is 16.2. The summed E-state index contributed by atoms with van der Waals surface area (Å²) in [7, 11) is 0. The zero-order chi connectivity index (χ0) is 16.4. The second-order valence-electron chi connectivity index (χ2n) is 5.29. The van der Waals surface area contributed by atoms with E-state index in [1.54, 1.807) is 48.5 Å². The maximum atomic E-state index is 12.4. The Morgan fingerprint density at radius 2 is 1.52 bits per heavy atom. The van der Waals surface area contributed by atoms with E-state index in [1.807, 2.05) is 6.92 Å². The van der Waals surface area contributed by atoms with Gasteiger partial charge in [0, 0.05) is 6.54 Å². The van der Waals surface area contributed by atoms with Crippen LogP contribution in [-0.2, 0) is 11.2 Å². The van der Waals surface area contributed by atoms with Crippen LogP contribution in [0.25, 0.3) is 0 Å². The Morgan fingerprint density at radius 1 is 0.957 bits per heavy atom. The second kappa shape index (κ2) is 6.04. The monoisotopic (exact) mass is 308 g/mol. The summed E-state index contributed by atoms with van der Waals surface area (Å²) in [5, 5.41) is 2.73. The van der Waals surface area contributed by atoms with E-state index in [0.717, 1.165) is 5.56 Å². The molecule has 0 aliphatic carbocycles. The standard InChI is InChI=1S/C18H16N2O3/c1-2-19-16(21)11-12-7-9-13(10-8-12)20-17(22)14-5-3-4-6-15(14)18(20)23/h3-10H,2,11H2,1H3,(H,19,21). The number of nitrogens with one attached hydrogen (secondary N) is 1. The van der Waals surface area contributed by atoms with E-state index in [9.17, 15) is 14.4 Å². The molecule has 5 nitrogen and oxygen atoms in total. The zero-order valence-corrected chi connectivity index (χ0v) is 12.7. The second-order valence-corrected chi connectivity index (χ2v) is 5.29. The number of anilines is 1. The van der Waals surface area contributed by atoms with Crippen LogP contribution in [0, 0.1) is 0 Å². The number of carbonyl (C=O) groups is 3. The molecule has 116 valence electrons. The number of likely N-dealkylation sites (N-methyl/N-ethyl adjacent to an activating group) is 1. The van der Waals surface area contributed by atoms with Crippen LogP contribution in [0.2, 0.25) is 0 Å². The van der Waals surface area contributed by atoms with Crippen LogP contribution in [-0.4, -0.2) is 24.3 Å². The molecule has 1 aliphatic rings. The van der Waals surface area contributed by atoms with Crippen molar-refractivity contribution in [1.82, 2.24) is 5.32 Å². The first-order chi connectivity index (χ1) is 11.1. The fourth-order valence-electron chi connectivity index (χ4n) is 2.63. The fourth-order valence-corrected chi connectivity index (χ4v) is 2.63. The van der Waals surface area contributed by atoms with Gasteiger partial charge in [0.1, 0.15) is 0 Å². The Kier molecular flexibility index (Phi) is 3.93. The van der Waals surface area contributed by atoms with Gasteiger partial charge in [-0.2, -0.15) is 0 Å². The summed E-state index contributed by atoms with van der Waals surface area (Å²) in [6.07, 6.45) is 0.274. The molecule has 23 heavy (non-hydrogen) atoms. The first-order valence-corrected chi connectivity index (χ1v) is 7.45. The van der Waals surface area contributed by atoms with Crippen LogP contribution < -0.4 is 10.2 Å². The molecule has 2 aromatic rings. The molecule has 0 bridgehead atoms. The van der Waals surface area contributed by atoms with E-state index in [4.69, 9.17) is 0 Å². The van der Waals surface area contributed by atoms with Crippen molar-refractivity contribution in [2.45, 2.75) is 13.3 Å². The normalized spacial score (nSPS) is 13.2. The van der Waals surface area contributed by atoms with Crippen molar-refractivity contribution in [3.05, 3.63) is 65.2 Å². The lowest BCUT2D eigenvalue weighted by atomic mass is 10.1. The lowest BCUT2D eigenvalue weighted by Gasteiger charge is -2.14. The van der Waals surface area contributed by atoms with Crippen molar-refractivity contribution in [1.29, 1.82) is 0 Å². The number of carbonyl (C=O) groups excluding carboxylic acids is 3. The van der Waals surface area contributed by atoms with Crippen molar-refractivity contribution in [2.75, 3.05) is 11.4 Å². The molecule has 0 spiro atoms. The number of imide groups is 1. The summed E-state index contributed by atoms with van der Waals surface area (Å²) in [5.74, 6) is -0.690. The van der Waals surface area contributed by atoms with Gasteiger partial charge in [0.05, 0.1) is 23.2 Å². The summed E-state index contributed by atoms with van der Waals surface area (Å²) in [5.41, 5.74) is 2.18. The van der Waals surface area contributed by atoms with Gasteiger partial charge in [-0.15, -0.1) is 0 Å². The van der Waals surface area contributed by atoms with Crippen molar-refractivity contribution >= 4 is 23.4 Å². The smallest absolute Gasteiger partial charge is 0.266 e. The highest BCUT2D eigenvalue weighted by Gasteiger charge is 2.36. The summed E-state index contributed by atoms with van der Waals surface area (Å²) in [6, 6.07) is 13.7. The number of amides is 3. The minimum absolute atomic E-state index is 0.0546. The number of benzene rings is 2. The minimum Gasteiger partial charge on any atom is -0.356 e. The number of nitrogens with zero attached hydrogens (tertiary/aromatic N) is 1. The Bertz CT molecular complexity index is 746. The van der Waals surface area contributed by atoms with E-state index in [-0.39, 0.29) is 24.1 Å². The molecule has 0 fully saturated rings. The van der Waals surface area contributed by atoms with Gasteiger partial charge in [-0.05, 0) is 36.8 Å². The summed E-state index contributed by atoms with van der Waals surface area (Å²) >= 11 is 0. The number of hydrogen-bond donors (Lipinski definition) is 1. The molecule has 0 radical (unpaired) electrons. The highest BCUT2D eigenvalue weighted by Crippen LogP contribution is 2.28. The van der Waals surface area contributed by atoms with Gasteiger partial charge in [0.15, 0.2) is 0 Å². The molecule has 5 heteroatoms. The fraction of sp³-hybridized carbons (Fsp3) is 0.167. The van der Waals surface area contributed by atoms with Crippen LogP contribution in [0.3, 0.4) is 0 Å². The van der Waals surface area contributed by atoms with Gasteiger partial charge < -0.3 is 5.32 Å². The van der Waals surface area contributed by atoms with Crippen molar-refractivity contribution in [2.24, 2.45) is 0 Å². The predicted octanol–water partition coefficient (Wildman–Crippen LogP) is 2.17. The predicted molar refractivity (Wildman–Crippen MR) is 86.4 cm³/mol. The molecule has 0 saturated carbocycles. The van der Waals surface area contributed by atoms with Gasteiger partial charge in [0.2, 0.25) is 5.91 Å². The van der Waals surface area contributed by atoms with Gasteiger partial charge in [-0.25, -0.2) is 4.90 Å². The third-order valence-corrected chi connectivity index (χ3v) is 3.73. The lowest BCUT2D eigenvalue weighted by Crippen LogP contribution is -2.29. The molecule has 3 amide bonds. The molecule has 0 unspecified atom stereocenters. The minimum atomic E-state index is -0.318. The molecule has 1 aliphatic heterocycles. The van der Waals surface area contributed by atoms with Gasteiger partial charge >= 0.3 is 0 Å². The third-order valence-electron chi connectivity index (χ3n) is 3.73. The Morgan fingerprint density at radius 3 is 2.04 bits per heavy atom. The Balaban J connectivity index is 1.82. The van der Waals surface area contributed by atoms with E-state index >= 15 is 0 Å². The van der Waals surface area contributed by atoms with Gasteiger partial charge in [-0.1, -0.05) is 24.3 Å². The first-order valence-electron chi connectivity index (χ1n) is 7.45. The van der Waals surface area contributed by atoms with Crippen molar-refractivity contribution in [3.63, 3.8) is 0 Å². The van der Waals surface area contributed by atoms with Crippen LogP contribution in [0.1, 0.15) is 33.2 Å². The lowest BCUT2D eigenvalue weighted by molar-refractivity contribution is -0.120. The van der Waals surface area contributed by atoms with E-state index < -0.39 is 0 Å². The molecular weight excluding hydrogens is 292 g/mol. The van der Waals surface area contributed by atoms with Crippen LogP contribution >= 0.6 is 0 Å². The Labute approximate surface area is 133 Å². The summed E-state index contributed by atoms with van der Waals surface area (Å²) in [4.78, 5) is 37.5. The molecule has 2 aromatic carbocycles. The highest BCUT2D eigenvalue weighted by molar-refractivity contribution is 6.34. The molecule has 1 heterocycles. The summed E-state index contributed by atoms with van der Waals surface area (Å²) < 4.78 is 0. The van der Waals surface area contributed by atoms with Crippen molar-refractivity contribution in [3.8, 4) is 0 Å². The van der Waals surface area contributed by atoms with E-state index in [0.29, 0.717) is 23.4 Å². The topological polar surface area (TPSA) is 66.5 Å². The largest absolute Gasteiger partial charge is 0.356 e. The van der Waals surface area contributed by atoms with Gasteiger partial charge in [-0.3, -0.25) is 14.4 Å². The van der Waals surface area contributed by atoms with Crippen LogP contribution in [0.15, 0.2) is 48.5 Å². The van der Waals surface area contributed by atoms with E-state index in [2.05, 4.69) is 5.32 Å².